The molecule has 0 fully saturated rings. The normalized spacial score (nSPS) is 20.3. The van der Waals surface area contributed by atoms with Crippen molar-refractivity contribution in [2.75, 3.05) is 13.7 Å². The van der Waals surface area contributed by atoms with Gasteiger partial charge < -0.3 is 14.0 Å². The van der Waals surface area contributed by atoms with E-state index in [1.807, 2.05) is 0 Å². The Bertz CT molecular complexity index is 730. The predicted octanol–water partition coefficient (Wildman–Crippen LogP) is 1.09. The Balaban J connectivity index is 2.58. The van der Waals surface area contributed by atoms with Crippen molar-refractivity contribution in [1.82, 2.24) is 9.47 Å². The number of likely N-dealkylation sites (N-methyl/N-ethyl adjacent to an activating group) is 1. The maximum atomic E-state index is 12.9. The number of aromatic nitrogens is 1. The van der Waals surface area contributed by atoms with Gasteiger partial charge >= 0.3 is 11.9 Å². The van der Waals surface area contributed by atoms with Crippen LogP contribution in [0.5, 0.6) is 0 Å². The molecule has 1 aromatic rings. The molecule has 0 spiro atoms. The molecule has 1 atom stereocenters. The van der Waals surface area contributed by atoms with Crippen LogP contribution in [0.25, 0.3) is 0 Å². The summed E-state index contributed by atoms with van der Waals surface area (Å²) in [7, 11) is 1.27. The van der Waals surface area contributed by atoms with E-state index in [0.717, 1.165) is 4.90 Å². The molecule has 25 heavy (non-hydrogen) atoms. The van der Waals surface area contributed by atoms with Crippen molar-refractivity contribution in [3.63, 3.8) is 0 Å². The lowest BCUT2D eigenvalue weighted by Gasteiger charge is -2.39. The number of carbonyl (C=O) groups excluding carboxylic acids is 4. The first-order chi connectivity index (χ1) is 11.5. The van der Waals surface area contributed by atoms with Crippen LogP contribution in [0.1, 0.15) is 44.6 Å². The van der Waals surface area contributed by atoms with Crippen LogP contribution in [0.4, 0.5) is 0 Å². The lowest BCUT2D eigenvalue weighted by atomic mass is 9.90. The molecule has 0 bridgehead atoms. The summed E-state index contributed by atoms with van der Waals surface area (Å²) in [5.74, 6) is -3.02. The molecule has 136 valence electrons. The first kappa shape index (κ1) is 18.7. The highest BCUT2D eigenvalue weighted by Gasteiger charge is 2.57. The maximum Gasteiger partial charge on any atom is 0.342 e. The Labute approximate surface area is 145 Å². The number of imide groups is 1. The van der Waals surface area contributed by atoms with E-state index in [2.05, 4.69) is 0 Å². The van der Waals surface area contributed by atoms with Gasteiger partial charge in [-0.2, -0.15) is 0 Å². The first-order valence-corrected chi connectivity index (χ1v) is 7.94. The average molecular weight is 350 g/mol. The van der Waals surface area contributed by atoms with Crippen LogP contribution in [0.15, 0.2) is 18.3 Å². The molecule has 2 amide bonds. The zero-order valence-electron chi connectivity index (χ0n) is 15.0. The van der Waals surface area contributed by atoms with Gasteiger partial charge in [0.2, 0.25) is 5.54 Å². The molecule has 8 nitrogen and oxygen atoms in total. The van der Waals surface area contributed by atoms with Crippen LogP contribution in [-0.4, -0.2) is 52.5 Å². The van der Waals surface area contributed by atoms with E-state index in [1.54, 1.807) is 27.7 Å². The van der Waals surface area contributed by atoms with Gasteiger partial charge in [0.15, 0.2) is 0 Å². The summed E-state index contributed by atoms with van der Waals surface area (Å²) >= 11 is 0. The molecule has 2 heterocycles. The highest BCUT2D eigenvalue weighted by atomic mass is 16.6. The predicted molar refractivity (Wildman–Crippen MR) is 86.6 cm³/mol. The van der Waals surface area contributed by atoms with E-state index in [1.165, 1.54) is 29.9 Å². The van der Waals surface area contributed by atoms with Crippen molar-refractivity contribution in [3.8, 4) is 0 Å². The van der Waals surface area contributed by atoms with E-state index in [-0.39, 0.29) is 12.3 Å². The molecule has 1 aromatic heterocycles. The summed E-state index contributed by atoms with van der Waals surface area (Å²) < 4.78 is 11.6. The molecule has 0 aromatic carbocycles. The Morgan fingerprint density at radius 1 is 1.24 bits per heavy atom. The number of amides is 2. The molecule has 0 radical (unpaired) electrons. The summed E-state index contributed by atoms with van der Waals surface area (Å²) in [5.41, 5.74) is -2.66. The van der Waals surface area contributed by atoms with Gasteiger partial charge in [0.25, 0.3) is 11.8 Å². The van der Waals surface area contributed by atoms with Gasteiger partial charge in [-0.05, 0) is 39.8 Å². The van der Waals surface area contributed by atoms with Crippen molar-refractivity contribution >= 4 is 23.8 Å². The minimum atomic E-state index is -2.00. The fourth-order valence-corrected chi connectivity index (χ4v) is 2.79. The number of ether oxygens (including phenoxy) is 2. The van der Waals surface area contributed by atoms with Crippen LogP contribution in [0.2, 0.25) is 0 Å². The number of rotatable bonds is 4. The highest BCUT2D eigenvalue weighted by molar-refractivity contribution is 6.17. The Morgan fingerprint density at radius 3 is 2.44 bits per heavy atom. The SMILES string of the molecule is CCOC(=O)C1(CC(=O)OC(C)(C)C)C(=O)N(C)C(=O)c2cccn21. The summed E-state index contributed by atoms with van der Waals surface area (Å²) in [6, 6.07) is 3.01. The fraction of sp³-hybridized carbons (Fsp3) is 0.529. The Hall–Kier alpha value is -2.64. The molecule has 1 unspecified atom stereocenters. The smallest absolute Gasteiger partial charge is 0.342 e. The van der Waals surface area contributed by atoms with Gasteiger partial charge in [-0.3, -0.25) is 19.3 Å². The van der Waals surface area contributed by atoms with Gasteiger partial charge in [0.1, 0.15) is 11.3 Å². The molecular weight excluding hydrogens is 328 g/mol. The van der Waals surface area contributed by atoms with Crippen molar-refractivity contribution in [3.05, 3.63) is 24.0 Å². The zero-order chi connectivity index (χ0) is 19.0. The largest absolute Gasteiger partial charge is 0.464 e. The number of hydrogen-bond donors (Lipinski definition) is 0. The van der Waals surface area contributed by atoms with Crippen molar-refractivity contribution in [2.45, 2.75) is 45.3 Å². The van der Waals surface area contributed by atoms with Crippen LogP contribution >= 0.6 is 0 Å². The number of nitrogens with zero attached hydrogens (tertiary/aromatic N) is 2. The number of fused-ring (bicyclic) bond motifs is 1. The zero-order valence-corrected chi connectivity index (χ0v) is 15.0. The first-order valence-electron chi connectivity index (χ1n) is 7.94. The monoisotopic (exact) mass is 350 g/mol. The molecule has 0 aliphatic carbocycles. The van der Waals surface area contributed by atoms with E-state index < -0.39 is 41.3 Å². The third-order valence-corrected chi connectivity index (χ3v) is 3.78. The van der Waals surface area contributed by atoms with Gasteiger partial charge in [-0.25, -0.2) is 4.79 Å². The second kappa shape index (κ2) is 6.34. The van der Waals surface area contributed by atoms with Crippen LogP contribution in [0.3, 0.4) is 0 Å². The average Bonchev–Trinajstić information content (AvgIpc) is 2.97. The maximum absolute atomic E-state index is 12.9. The molecule has 0 N–H and O–H groups in total. The topological polar surface area (TPSA) is 94.9 Å². The Kier molecular flexibility index (Phi) is 4.74. The van der Waals surface area contributed by atoms with E-state index in [4.69, 9.17) is 9.47 Å². The second-order valence-corrected chi connectivity index (χ2v) is 6.78. The van der Waals surface area contributed by atoms with Crippen LogP contribution in [-0.2, 0) is 29.4 Å². The van der Waals surface area contributed by atoms with Crippen molar-refractivity contribution in [1.29, 1.82) is 0 Å². The molecule has 1 aliphatic heterocycles. The lowest BCUT2D eigenvalue weighted by molar-refractivity contribution is -0.172. The molecule has 8 heteroatoms. The molecule has 0 saturated carbocycles. The quantitative estimate of drug-likeness (QED) is 0.458. The molecular formula is C17H22N2O6. The third-order valence-electron chi connectivity index (χ3n) is 3.78. The summed E-state index contributed by atoms with van der Waals surface area (Å²) in [6.07, 6.45) is 0.848. The minimum Gasteiger partial charge on any atom is -0.464 e. The third kappa shape index (κ3) is 3.16. The second-order valence-electron chi connectivity index (χ2n) is 6.78. The van der Waals surface area contributed by atoms with Gasteiger partial charge in [-0.1, -0.05) is 0 Å². The summed E-state index contributed by atoms with van der Waals surface area (Å²) in [4.78, 5) is 51.2. The lowest BCUT2D eigenvalue weighted by Crippen LogP contribution is -2.62. The van der Waals surface area contributed by atoms with Crippen LogP contribution < -0.4 is 0 Å². The van der Waals surface area contributed by atoms with Crippen molar-refractivity contribution in [2.24, 2.45) is 0 Å². The Morgan fingerprint density at radius 2 is 1.88 bits per heavy atom. The molecule has 2 rings (SSSR count). The summed E-state index contributed by atoms with van der Waals surface area (Å²) in [5, 5.41) is 0. The molecule has 0 saturated heterocycles. The highest BCUT2D eigenvalue weighted by Crippen LogP contribution is 2.33. The van der Waals surface area contributed by atoms with Crippen molar-refractivity contribution < 1.29 is 28.7 Å². The van der Waals surface area contributed by atoms with E-state index in [0.29, 0.717) is 0 Å². The fourth-order valence-electron chi connectivity index (χ4n) is 2.79. The molecule has 1 aliphatic rings. The minimum absolute atomic E-state index is 0.0243. The summed E-state index contributed by atoms with van der Waals surface area (Å²) in [6.45, 7) is 6.67. The van der Waals surface area contributed by atoms with Gasteiger partial charge in [-0.15, -0.1) is 0 Å². The van der Waals surface area contributed by atoms with Gasteiger partial charge in [0.05, 0.1) is 13.0 Å². The van der Waals surface area contributed by atoms with E-state index >= 15 is 0 Å². The number of esters is 2. The number of hydrogen-bond acceptors (Lipinski definition) is 6. The van der Waals surface area contributed by atoms with Crippen LogP contribution in [0, 0.1) is 0 Å². The number of carbonyl (C=O) groups is 4. The van der Waals surface area contributed by atoms with E-state index in [9.17, 15) is 19.2 Å². The standard InChI is InChI=1S/C17H22N2O6/c1-6-24-15(23)17(10-12(20)25-16(2,3)4)14(22)18(5)13(21)11-8-7-9-19(11)17/h7-9H,6,10H2,1-5H3. The van der Waals surface area contributed by atoms with Gasteiger partial charge in [0, 0.05) is 13.2 Å².